The highest BCUT2D eigenvalue weighted by Gasteiger charge is 2.20. The van der Waals surface area contributed by atoms with Crippen LogP contribution >= 0.6 is 11.8 Å². The van der Waals surface area contributed by atoms with Gasteiger partial charge >= 0.3 is 0 Å². The molecule has 17 heavy (non-hydrogen) atoms. The molecule has 0 aliphatic rings. The molecule has 0 N–H and O–H groups in total. The third kappa shape index (κ3) is 3.63. The first-order chi connectivity index (χ1) is 7.76. The van der Waals surface area contributed by atoms with Crippen molar-refractivity contribution in [2.75, 3.05) is 5.75 Å². The summed E-state index contributed by atoms with van der Waals surface area (Å²) in [5, 5.41) is 1.13. The Labute approximate surface area is 109 Å². The third-order valence-electron chi connectivity index (χ3n) is 2.55. The number of Topliss-reactive ketones (excluding diaryl/α,β-unsaturated/α-hetero) is 1. The van der Waals surface area contributed by atoms with Crippen molar-refractivity contribution in [3.63, 3.8) is 0 Å². The van der Waals surface area contributed by atoms with Gasteiger partial charge in [-0.3, -0.25) is 4.79 Å². The second-order valence-electron chi connectivity index (χ2n) is 5.64. The van der Waals surface area contributed by atoms with Gasteiger partial charge in [0.1, 0.15) is 0 Å². The molecule has 0 aliphatic heterocycles. The fourth-order valence-electron chi connectivity index (χ4n) is 1.87. The summed E-state index contributed by atoms with van der Waals surface area (Å²) in [4.78, 5) is 11.6. The van der Waals surface area contributed by atoms with Gasteiger partial charge in [-0.25, -0.2) is 0 Å². The molecule has 0 atom stereocenters. The number of aryl methyl sites for hydroxylation is 1. The molecule has 0 aromatic carbocycles. The number of carbonyl (C=O) groups excluding carboxylic acids is 1. The summed E-state index contributed by atoms with van der Waals surface area (Å²) in [5.41, 5.74) is 2.28. The van der Waals surface area contributed by atoms with E-state index in [9.17, 15) is 4.79 Å². The zero-order valence-corrected chi connectivity index (χ0v) is 12.6. The Morgan fingerprint density at radius 3 is 2.41 bits per heavy atom. The molecule has 1 aromatic rings. The molecule has 0 saturated carbocycles. The van der Waals surface area contributed by atoms with Gasteiger partial charge in [-0.05, 0) is 31.1 Å². The van der Waals surface area contributed by atoms with Crippen LogP contribution in [0.5, 0.6) is 0 Å². The fraction of sp³-hybridized carbons (Fsp3) is 0.643. The van der Waals surface area contributed by atoms with E-state index in [0.717, 1.165) is 22.9 Å². The maximum Gasteiger partial charge on any atom is 0.162 e. The Morgan fingerprint density at radius 2 is 2.00 bits per heavy atom. The minimum Gasteiger partial charge on any atom is -0.339 e. The molecule has 0 spiro atoms. The molecule has 1 rings (SSSR count). The Bertz CT molecular complexity index is 413. The number of thioether (sulfide) groups is 1. The SMILES string of the molecule is CCSc1c(C(C)=O)cc(C)n1CC(C)(C)C. The molecule has 96 valence electrons. The number of nitrogens with zero attached hydrogens (tertiary/aromatic N) is 1. The molecule has 0 unspecified atom stereocenters. The monoisotopic (exact) mass is 253 g/mol. The summed E-state index contributed by atoms with van der Waals surface area (Å²) in [6.45, 7) is 13.5. The highest BCUT2D eigenvalue weighted by Crippen LogP contribution is 2.30. The Kier molecular flexibility index (Phi) is 4.48. The zero-order chi connectivity index (χ0) is 13.2. The van der Waals surface area contributed by atoms with Gasteiger partial charge in [0.2, 0.25) is 0 Å². The van der Waals surface area contributed by atoms with Crippen LogP contribution in [0, 0.1) is 12.3 Å². The van der Waals surface area contributed by atoms with Crippen LogP contribution in [0.2, 0.25) is 0 Å². The molecule has 0 aliphatic carbocycles. The number of ketones is 1. The topological polar surface area (TPSA) is 22.0 Å². The van der Waals surface area contributed by atoms with Gasteiger partial charge in [0, 0.05) is 17.8 Å². The van der Waals surface area contributed by atoms with Crippen molar-refractivity contribution in [1.82, 2.24) is 4.57 Å². The number of carbonyl (C=O) groups is 1. The number of rotatable bonds is 4. The molecule has 0 amide bonds. The van der Waals surface area contributed by atoms with E-state index in [1.54, 1.807) is 18.7 Å². The van der Waals surface area contributed by atoms with Crippen LogP contribution in [0.3, 0.4) is 0 Å². The lowest BCUT2D eigenvalue weighted by Crippen LogP contribution is -2.17. The van der Waals surface area contributed by atoms with Gasteiger partial charge in [-0.1, -0.05) is 27.7 Å². The molecule has 2 nitrogen and oxygen atoms in total. The van der Waals surface area contributed by atoms with Gasteiger partial charge in [0.25, 0.3) is 0 Å². The highest BCUT2D eigenvalue weighted by atomic mass is 32.2. The number of hydrogen-bond acceptors (Lipinski definition) is 2. The minimum atomic E-state index is 0.164. The maximum absolute atomic E-state index is 11.6. The van der Waals surface area contributed by atoms with Gasteiger partial charge < -0.3 is 4.57 Å². The van der Waals surface area contributed by atoms with Crippen molar-refractivity contribution in [1.29, 1.82) is 0 Å². The first kappa shape index (κ1) is 14.4. The molecule has 0 radical (unpaired) electrons. The highest BCUT2D eigenvalue weighted by molar-refractivity contribution is 7.99. The van der Waals surface area contributed by atoms with Gasteiger partial charge in [0.05, 0.1) is 5.03 Å². The summed E-state index contributed by atoms with van der Waals surface area (Å²) in [7, 11) is 0. The summed E-state index contributed by atoms with van der Waals surface area (Å²) in [6.07, 6.45) is 0. The molecule has 1 heterocycles. The molecular weight excluding hydrogens is 230 g/mol. The van der Waals surface area contributed by atoms with Crippen molar-refractivity contribution in [2.24, 2.45) is 5.41 Å². The van der Waals surface area contributed by atoms with Crippen LogP contribution in [0.15, 0.2) is 11.1 Å². The molecule has 1 aromatic heterocycles. The Balaban J connectivity index is 3.22. The predicted molar refractivity (Wildman–Crippen MR) is 75.0 cm³/mol. The molecular formula is C14H23NOS. The second-order valence-corrected chi connectivity index (χ2v) is 6.89. The second kappa shape index (κ2) is 5.30. The summed E-state index contributed by atoms with van der Waals surface area (Å²) >= 11 is 1.76. The van der Waals surface area contributed by atoms with Gasteiger partial charge in [0.15, 0.2) is 5.78 Å². The van der Waals surface area contributed by atoms with E-state index in [1.165, 1.54) is 5.69 Å². The molecule has 0 saturated heterocycles. The molecule has 0 bridgehead atoms. The van der Waals surface area contributed by atoms with E-state index in [0.29, 0.717) is 0 Å². The maximum atomic E-state index is 11.6. The first-order valence-electron chi connectivity index (χ1n) is 6.10. The van der Waals surface area contributed by atoms with Crippen LogP contribution < -0.4 is 0 Å². The first-order valence-corrected chi connectivity index (χ1v) is 7.08. The van der Waals surface area contributed by atoms with Crippen LogP contribution in [-0.2, 0) is 6.54 Å². The van der Waals surface area contributed by atoms with Crippen LogP contribution in [0.4, 0.5) is 0 Å². The van der Waals surface area contributed by atoms with Crippen LogP contribution in [-0.4, -0.2) is 16.1 Å². The summed E-state index contributed by atoms with van der Waals surface area (Å²) in [6, 6.07) is 2.02. The lowest BCUT2D eigenvalue weighted by molar-refractivity contribution is 0.101. The van der Waals surface area contributed by atoms with Crippen molar-refractivity contribution in [2.45, 2.75) is 53.1 Å². The zero-order valence-electron chi connectivity index (χ0n) is 11.8. The quantitative estimate of drug-likeness (QED) is 0.594. The Morgan fingerprint density at radius 1 is 1.41 bits per heavy atom. The van der Waals surface area contributed by atoms with Crippen LogP contribution in [0.1, 0.15) is 50.7 Å². The van der Waals surface area contributed by atoms with Gasteiger partial charge in [-0.15, -0.1) is 11.8 Å². The van der Waals surface area contributed by atoms with Crippen molar-refractivity contribution < 1.29 is 4.79 Å². The van der Waals surface area contributed by atoms with Gasteiger partial charge in [-0.2, -0.15) is 0 Å². The smallest absolute Gasteiger partial charge is 0.162 e. The van der Waals surface area contributed by atoms with Crippen molar-refractivity contribution in [3.05, 3.63) is 17.3 Å². The van der Waals surface area contributed by atoms with E-state index in [2.05, 4.69) is 39.2 Å². The minimum absolute atomic E-state index is 0.164. The Hall–Kier alpha value is -0.700. The van der Waals surface area contributed by atoms with E-state index in [4.69, 9.17) is 0 Å². The van der Waals surface area contributed by atoms with Crippen molar-refractivity contribution >= 4 is 17.5 Å². The average molecular weight is 253 g/mol. The average Bonchev–Trinajstić information content (AvgIpc) is 2.44. The normalized spacial score (nSPS) is 11.9. The lowest BCUT2D eigenvalue weighted by Gasteiger charge is -2.22. The third-order valence-corrected chi connectivity index (χ3v) is 3.55. The van der Waals surface area contributed by atoms with E-state index in [-0.39, 0.29) is 11.2 Å². The number of aromatic nitrogens is 1. The lowest BCUT2D eigenvalue weighted by atomic mass is 9.97. The van der Waals surface area contributed by atoms with E-state index in [1.807, 2.05) is 6.07 Å². The van der Waals surface area contributed by atoms with Crippen molar-refractivity contribution in [3.8, 4) is 0 Å². The summed E-state index contributed by atoms with van der Waals surface area (Å²) < 4.78 is 2.28. The summed E-state index contributed by atoms with van der Waals surface area (Å²) in [5.74, 6) is 1.16. The number of hydrogen-bond donors (Lipinski definition) is 0. The fourth-order valence-corrected chi connectivity index (χ4v) is 2.87. The predicted octanol–water partition coefficient (Wildman–Crippen LogP) is 4.16. The van der Waals surface area contributed by atoms with E-state index >= 15 is 0 Å². The standard InChI is InChI=1S/C14H23NOS/c1-7-17-13-12(11(3)16)8-10(2)15(13)9-14(4,5)6/h8H,7,9H2,1-6H3. The van der Waals surface area contributed by atoms with E-state index < -0.39 is 0 Å². The van der Waals surface area contributed by atoms with Crippen LogP contribution in [0.25, 0.3) is 0 Å². The molecule has 3 heteroatoms. The largest absolute Gasteiger partial charge is 0.339 e. The molecule has 0 fully saturated rings.